The Kier molecular flexibility index (Phi) is 4.18. The number of carbonyl (C=O) groups is 1. The molecule has 1 rings (SSSR count). The van der Waals surface area contributed by atoms with E-state index < -0.39 is 0 Å². The quantitative estimate of drug-likeness (QED) is 0.626. The summed E-state index contributed by atoms with van der Waals surface area (Å²) in [6, 6.07) is 0.311. The van der Waals surface area contributed by atoms with Gasteiger partial charge in [-0.05, 0) is 12.8 Å². The van der Waals surface area contributed by atoms with Gasteiger partial charge in [0.1, 0.15) is 0 Å². The maximum atomic E-state index is 10.9. The van der Waals surface area contributed by atoms with Gasteiger partial charge in [0.05, 0.1) is 6.61 Å². The third-order valence-corrected chi connectivity index (χ3v) is 2.49. The van der Waals surface area contributed by atoms with E-state index in [0.717, 1.165) is 12.8 Å². The smallest absolute Gasteiger partial charge is 0.217 e. The maximum absolute atomic E-state index is 10.9. The molecule has 1 aliphatic rings. The van der Waals surface area contributed by atoms with Crippen LogP contribution in [0.1, 0.15) is 26.2 Å². The molecule has 4 nitrogen and oxygen atoms in total. The molecule has 2 atom stereocenters. The monoisotopic (exact) mass is 186 g/mol. The SMILES string of the molecule is CNOCC1CCCC1NC(C)=O. The summed E-state index contributed by atoms with van der Waals surface area (Å²) in [5.74, 6) is 0.526. The van der Waals surface area contributed by atoms with E-state index in [0.29, 0.717) is 18.6 Å². The van der Waals surface area contributed by atoms with E-state index >= 15 is 0 Å². The summed E-state index contributed by atoms with van der Waals surface area (Å²) in [6.07, 6.45) is 3.41. The maximum Gasteiger partial charge on any atom is 0.217 e. The minimum Gasteiger partial charge on any atom is -0.353 e. The highest BCUT2D eigenvalue weighted by Gasteiger charge is 2.27. The molecule has 2 unspecified atom stereocenters. The lowest BCUT2D eigenvalue weighted by atomic mass is 10.1. The second-order valence-electron chi connectivity index (χ2n) is 3.51. The highest BCUT2D eigenvalue weighted by atomic mass is 16.6. The van der Waals surface area contributed by atoms with Gasteiger partial charge >= 0.3 is 0 Å². The Morgan fingerprint density at radius 3 is 2.92 bits per heavy atom. The Morgan fingerprint density at radius 2 is 2.31 bits per heavy atom. The third-order valence-electron chi connectivity index (χ3n) is 2.49. The predicted octanol–water partition coefficient (Wildman–Crippen LogP) is 0.442. The summed E-state index contributed by atoms with van der Waals surface area (Å²) in [6.45, 7) is 2.25. The van der Waals surface area contributed by atoms with Gasteiger partial charge in [-0.25, -0.2) is 5.48 Å². The molecule has 0 spiro atoms. The van der Waals surface area contributed by atoms with E-state index in [1.54, 1.807) is 14.0 Å². The van der Waals surface area contributed by atoms with E-state index in [9.17, 15) is 4.79 Å². The fraction of sp³-hybridized carbons (Fsp3) is 0.889. The van der Waals surface area contributed by atoms with Crippen LogP contribution in [0.25, 0.3) is 0 Å². The van der Waals surface area contributed by atoms with Gasteiger partial charge in [0.25, 0.3) is 0 Å². The molecule has 0 radical (unpaired) electrons. The lowest BCUT2D eigenvalue weighted by Crippen LogP contribution is -2.38. The summed E-state index contributed by atoms with van der Waals surface area (Å²) in [7, 11) is 1.75. The molecular formula is C9H18N2O2. The lowest BCUT2D eigenvalue weighted by molar-refractivity contribution is -0.120. The van der Waals surface area contributed by atoms with Gasteiger partial charge in [-0.1, -0.05) is 6.42 Å². The largest absolute Gasteiger partial charge is 0.353 e. The summed E-state index contributed by atoms with van der Waals surface area (Å²) in [5.41, 5.74) is 2.66. The molecule has 76 valence electrons. The van der Waals surface area contributed by atoms with Crippen molar-refractivity contribution in [2.75, 3.05) is 13.7 Å². The fourth-order valence-corrected chi connectivity index (χ4v) is 1.88. The summed E-state index contributed by atoms with van der Waals surface area (Å²) in [4.78, 5) is 16.0. The molecule has 0 aliphatic heterocycles. The molecule has 1 aliphatic carbocycles. The molecule has 0 bridgehead atoms. The van der Waals surface area contributed by atoms with Gasteiger partial charge in [0.15, 0.2) is 0 Å². The number of carbonyl (C=O) groups excluding carboxylic acids is 1. The lowest BCUT2D eigenvalue weighted by Gasteiger charge is -2.19. The van der Waals surface area contributed by atoms with Gasteiger partial charge in [0, 0.05) is 25.9 Å². The molecule has 0 saturated heterocycles. The normalized spacial score (nSPS) is 27.5. The average molecular weight is 186 g/mol. The van der Waals surface area contributed by atoms with Crippen LogP contribution in [-0.2, 0) is 9.63 Å². The van der Waals surface area contributed by atoms with E-state index in [4.69, 9.17) is 4.84 Å². The number of hydrogen-bond donors (Lipinski definition) is 2. The molecule has 1 saturated carbocycles. The zero-order valence-corrected chi connectivity index (χ0v) is 8.30. The molecule has 0 aromatic heterocycles. The first kappa shape index (κ1) is 10.5. The molecule has 13 heavy (non-hydrogen) atoms. The van der Waals surface area contributed by atoms with Crippen LogP contribution in [0.15, 0.2) is 0 Å². The first-order valence-electron chi connectivity index (χ1n) is 4.79. The van der Waals surface area contributed by atoms with E-state index in [1.807, 2.05) is 0 Å². The summed E-state index contributed by atoms with van der Waals surface area (Å²) >= 11 is 0. The topological polar surface area (TPSA) is 50.4 Å². The fourth-order valence-electron chi connectivity index (χ4n) is 1.88. The minimum atomic E-state index is 0.0568. The first-order valence-corrected chi connectivity index (χ1v) is 4.79. The Labute approximate surface area is 79.0 Å². The molecule has 1 fully saturated rings. The Hall–Kier alpha value is -0.610. The Balaban J connectivity index is 2.30. The van der Waals surface area contributed by atoms with Gasteiger partial charge < -0.3 is 10.2 Å². The van der Waals surface area contributed by atoms with E-state index in [2.05, 4.69) is 10.8 Å². The van der Waals surface area contributed by atoms with Crippen molar-refractivity contribution >= 4 is 5.91 Å². The van der Waals surface area contributed by atoms with Crippen LogP contribution in [0.2, 0.25) is 0 Å². The third kappa shape index (κ3) is 3.32. The van der Waals surface area contributed by atoms with Crippen molar-refractivity contribution < 1.29 is 9.63 Å². The molecule has 4 heteroatoms. The zero-order chi connectivity index (χ0) is 9.68. The van der Waals surface area contributed by atoms with Crippen molar-refractivity contribution in [3.05, 3.63) is 0 Å². The number of nitrogens with one attached hydrogen (secondary N) is 2. The number of hydroxylamine groups is 1. The highest BCUT2D eigenvalue weighted by molar-refractivity contribution is 5.73. The second kappa shape index (κ2) is 5.19. The average Bonchev–Trinajstić information content (AvgIpc) is 2.48. The van der Waals surface area contributed by atoms with Crippen LogP contribution in [0.4, 0.5) is 0 Å². The molecule has 2 N–H and O–H groups in total. The summed E-state index contributed by atoms with van der Waals surface area (Å²) < 4.78 is 0. The summed E-state index contributed by atoms with van der Waals surface area (Å²) in [5, 5.41) is 2.95. The van der Waals surface area contributed by atoms with Gasteiger partial charge in [-0.3, -0.25) is 4.79 Å². The molecule has 1 amide bonds. The predicted molar refractivity (Wildman–Crippen MR) is 50.0 cm³/mol. The second-order valence-corrected chi connectivity index (χ2v) is 3.51. The first-order chi connectivity index (χ1) is 6.24. The highest BCUT2D eigenvalue weighted by Crippen LogP contribution is 2.25. The van der Waals surface area contributed by atoms with E-state index in [-0.39, 0.29) is 5.91 Å². The number of amides is 1. The molecular weight excluding hydrogens is 168 g/mol. The van der Waals surface area contributed by atoms with Crippen molar-refractivity contribution in [1.82, 2.24) is 10.8 Å². The van der Waals surface area contributed by atoms with Crippen LogP contribution < -0.4 is 10.8 Å². The van der Waals surface area contributed by atoms with Crippen molar-refractivity contribution in [3.8, 4) is 0 Å². The van der Waals surface area contributed by atoms with Gasteiger partial charge in [-0.15, -0.1) is 0 Å². The molecule has 0 heterocycles. The van der Waals surface area contributed by atoms with Crippen LogP contribution in [-0.4, -0.2) is 25.6 Å². The molecule has 0 aromatic rings. The van der Waals surface area contributed by atoms with Crippen LogP contribution in [0.3, 0.4) is 0 Å². The standard InChI is InChI=1S/C9H18N2O2/c1-7(12)11-9-5-3-4-8(9)6-13-10-2/h8-10H,3-6H2,1-2H3,(H,11,12). The Morgan fingerprint density at radius 1 is 1.54 bits per heavy atom. The van der Waals surface area contributed by atoms with Crippen molar-refractivity contribution in [2.24, 2.45) is 5.92 Å². The molecule has 0 aromatic carbocycles. The minimum absolute atomic E-state index is 0.0568. The van der Waals surface area contributed by atoms with Crippen molar-refractivity contribution in [1.29, 1.82) is 0 Å². The Bertz CT molecular complexity index is 173. The van der Waals surface area contributed by atoms with Crippen molar-refractivity contribution in [2.45, 2.75) is 32.2 Å². The van der Waals surface area contributed by atoms with E-state index in [1.165, 1.54) is 6.42 Å². The van der Waals surface area contributed by atoms with Crippen LogP contribution in [0, 0.1) is 5.92 Å². The van der Waals surface area contributed by atoms with Gasteiger partial charge in [0.2, 0.25) is 5.91 Å². The van der Waals surface area contributed by atoms with Gasteiger partial charge in [-0.2, -0.15) is 0 Å². The zero-order valence-electron chi connectivity index (χ0n) is 8.30. The van der Waals surface area contributed by atoms with Crippen molar-refractivity contribution in [3.63, 3.8) is 0 Å². The van der Waals surface area contributed by atoms with Crippen LogP contribution in [0.5, 0.6) is 0 Å². The number of rotatable bonds is 4. The number of hydrogen-bond acceptors (Lipinski definition) is 3. The van der Waals surface area contributed by atoms with Crippen LogP contribution >= 0.6 is 0 Å².